The number of halogens is 2. The van der Waals surface area contributed by atoms with Crippen LogP contribution >= 0.6 is 11.6 Å². The number of nitrogens with zero attached hydrogens (tertiary/aromatic N) is 2. The topological polar surface area (TPSA) is 93.8 Å². The lowest BCUT2D eigenvalue weighted by atomic mass is 9.96. The molecule has 1 aliphatic carbocycles. The summed E-state index contributed by atoms with van der Waals surface area (Å²) < 4.78 is 13.3. The fourth-order valence-electron chi connectivity index (χ4n) is 5.46. The molecule has 0 spiro atoms. The number of hydrogen-bond acceptors (Lipinski definition) is 4. The third-order valence-electron chi connectivity index (χ3n) is 7.82. The van der Waals surface area contributed by atoms with Gasteiger partial charge in [-0.05, 0) is 60.9 Å². The summed E-state index contributed by atoms with van der Waals surface area (Å²) in [5.41, 5.74) is 2.62. The van der Waals surface area contributed by atoms with Crippen molar-refractivity contribution in [3.63, 3.8) is 0 Å². The molecule has 0 bridgehead atoms. The quantitative estimate of drug-likeness (QED) is 0.322. The van der Waals surface area contributed by atoms with Crippen molar-refractivity contribution in [2.24, 2.45) is 0 Å². The number of piperazine rings is 1. The fourth-order valence-corrected chi connectivity index (χ4v) is 5.68. The molecule has 1 aliphatic heterocycles. The molecule has 3 aromatic rings. The van der Waals surface area contributed by atoms with Crippen LogP contribution in [-0.4, -0.2) is 55.0 Å². The summed E-state index contributed by atoms with van der Waals surface area (Å²) in [6.07, 6.45) is 5.59. The summed E-state index contributed by atoms with van der Waals surface area (Å²) in [6.45, 7) is 2.38. The normalized spacial score (nSPS) is 15.7. The molecule has 0 radical (unpaired) electrons. The van der Waals surface area contributed by atoms with Crippen molar-refractivity contribution < 1.29 is 18.8 Å². The lowest BCUT2D eigenvalue weighted by Gasteiger charge is -2.37. The zero-order valence-electron chi connectivity index (χ0n) is 23.4. The van der Waals surface area contributed by atoms with Crippen LogP contribution < -0.4 is 20.9 Å². The van der Waals surface area contributed by atoms with Crippen LogP contribution in [0.15, 0.2) is 66.7 Å². The molecule has 0 unspecified atom stereocenters. The molecular weight excluding hydrogens is 557 g/mol. The molecule has 3 aromatic carbocycles. The van der Waals surface area contributed by atoms with Crippen LogP contribution in [0, 0.1) is 5.82 Å². The first-order valence-corrected chi connectivity index (χ1v) is 14.8. The lowest BCUT2D eigenvalue weighted by molar-refractivity contribution is 0.0949. The highest BCUT2D eigenvalue weighted by atomic mass is 35.5. The Bertz CT molecular complexity index is 1420. The zero-order valence-corrected chi connectivity index (χ0v) is 24.1. The van der Waals surface area contributed by atoms with E-state index in [-0.39, 0.29) is 36.2 Å². The summed E-state index contributed by atoms with van der Waals surface area (Å²) in [5, 5.41) is 9.26. The van der Waals surface area contributed by atoms with Gasteiger partial charge in [-0.2, -0.15) is 0 Å². The number of carbonyl (C=O) groups is 3. The smallest absolute Gasteiger partial charge is 0.317 e. The van der Waals surface area contributed by atoms with Crippen LogP contribution in [0.25, 0.3) is 0 Å². The van der Waals surface area contributed by atoms with E-state index in [0.29, 0.717) is 53.7 Å². The standard InChI is InChI=1S/C32H35ClFN5O3/c33-28-9-5-4-8-26(28)31(41)36-25-14-15-29(27(20-25)30(40)35-21-22-10-12-23(34)13-11-22)38-16-18-39(19-17-38)32(42)37-24-6-2-1-3-7-24/h4-5,8-15,20,24H,1-3,6-7,16-19,21H2,(H,35,40)(H,36,41)(H,37,42). The van der Waals surface area contributed by atoms with Crippen LogP contribution in [0.4, 0.5) is 20.6 Å². The Morgan fingerprint density at radius 2 is 1.55 bits per heavy atom. The molecule has 0 aromatic heterocycles. The molecule has 1 heterocycles. The number of hydrogen-bond donors (Lipinski definition) is 3. The average Bonchev–Trinajstić information content (AvgIpc) is 3.01. The van der Waals surface area contributed by atoms with Crippen molar-refractivity contribution in [2.75, 3.05) is 36.4 Å². The van der Waals surface area contributed by atoms with Crippen molar-refractivity contribution in [1.29, 1.82) is 0 Å². The molecule has 5 rings (SSSR count). The molecule has 220 valence electrons. The number of rotatable bonds is 7. The van der Waals surface area contributed by atoms with Crippen molar-refractivity contribution in [3.05, 3.63) is 94.3 Å². The van der Waals surface area contributed by atoms with Crippen LogP contribution in [-0.2, 0) is 6.54 Å². The maximum atomic E-state index is 13.5. The Morgan fingerprint density at radius 1 is 0.833 bits per heavy atom. The second-order valence-electron chi connectivity index (χ2n) is 10.7. The van der Waals surface area contributed by atoms with Crippen molar-refractivity contribution in [1.82, 2.24) is 15.5 Å². The number of benzene rings is 3. The summed E-state index contributed by atoms with van der Waals surface area (Å²) in [7, 11) is 0. The Morgan fingerprint density at radius 3 is 2.26 bits per heavy atom. The monoisotopic (exact) mass is 591 g/mol. The highest BCUT2D eigenvalue weighted by Crippen LogP contribution is 2.27. The van der Waals surface area contributed by atoms with E-state index in [1.165, 1.54) is 18.6 Å². The van der Waals surface area contributed by atoms with Crippen LogP contribution in [0.3, 0.4) is 0 Å². The van der Waals surface area contributed by atoms with Gasteiger partial charge in [-0.25, -0.2) is 9.18 Å². The molecule has 0 atom stereocenters. The largest absolute Gasteiger partial charge is 0.367 e. The van der Waals surface area contributed by atoms with Gasteiger partial charge >= 0.3 is 6.03 Å². The molecule has 2 fully saturated rings. The number of nitrogens with one attached hydrogen (secondary N) is 3. The van der Waals surface area contributed by atoms with Gasteiger partial charge in [-0.15, -0.1) is 0 Å². The highest BCUT2D eigenvalue weighted by molar-refractivity contribution is 6.34. The van der Waals surface area contributed by atoms with Gasteiger partial charge in [0.15, 0.2) is 0 Å². The minimum absolute atomic E-state index is 0.0311. The van der Waals surface area contributed by atoms with E-state index in [9.17, 15) is 18.8 Å². The molecule has 1 saturated heterocycles. The lowest BCUT2D eigenvalue weighted by Crippen LogP contribution is -2.54. The first kappa shape index (κ1) is 29.4. The van der Waals surface area contributed by atoms with Gasteiger partial charge in [0.25, 0.3) is 11.8 Å². The molecule has 10 heteroatoms. The average molecular weight is 592 g/mol. The summed E-state index contributed by atoms with van der Waals surface area (Å²) in [4.78, 5) is 43.2. The summed E-state index contributed by atoms with van der Waals surface area (Å²) in [6, 6.07) is 18.1. The van der Waals surface area contributed by atoms with Crippen LogP contribution in [0.5, 0.6) is 0 Å². The van der Waals surface area contributed by atoms with Gasteiger partial charge in [-0.1, -0.05) is 55.1 Å². The fraction of sp³-hybridized carbons (Fsp3) is 0.344. The first-order chi connectivity index (χ1) is 20.4. The van der Waals surface area contributed by atoms with E-state index in [4.69, 9.17) is 11.6 Å². The van der Waals surface area contributed by atoms with Gasteiger partial charge in [0.1, 0.15) is 5.82 Å². The molecule has 2 aliphatic rings. The number of urea groups is 1. The maximum Gasteiger partial charge on any atom is 0.317 e. The van der Waals surface area contributed by atoms with E-state index in [2.05, 4.69) is 20.9 Å². The molecular formula is C32H35ClFN5O3. The van der Waals surface area contributed by atoms with Gasteiger partial charge in [0.05, 0.1) is 16.1 Å². The molecule has 42 heavy (non-hydrogen) atoms. The number of anilines is 2. The van der Waals surface area contributed by atoms with Crippen LogP contribution in [0.2, 0.25) is 5.02 Å². The van der Waals surface area contributed by atoms with Crippen LogP contribution in [0.1, 0.15) is 58.4 Å². The molecule has 1 saturated carbocycles. The zero-order chi connectivity index (χ0) is 29.5. The van der Waals surface area contributed by atoms with E-state index in [1.54, 1.807) is 48.5 Å². The number of carbonyl (C=O) groups excluding carboxylic acids is 3. The third kappa shape index (κ3) is 7.39. The Balaban J connectivity index is 1.30. The Hall–Kier alpha value is -4.11. The second kappa shape index (κ2) is 13.7. The highest BCUT2D eigenvalue weighted by Gasteiger charge is 2.26. The second-order valence-corrected chi connectivity index (χ2v) is 11.1. The van der Waals surface area contributed by atoms with Gasteiger partial charge < -0.3 is 25.8 Å². The van der Waals surface area contributed by atoms with E-state index >= 15 is 0 Å². The third-order valence-corrected chi connectivity index (χ3v) is 8.15. The van der Waals surface area contributed by atoms with E-state index < -0.39 is 0 Å². The molecule has 8 nitrogen and oxygen atoms in total. The Labute approximate surface area is 250 Å². The van der Waals surface area contributed by atoms with E-state index in [1.807, 2.05) is 11.0 Å². The van der Waals surface area contributed by atoms with Gasteiger partial charge in [0.2, 0.25) is 0 Å². The van der Waals surface area contributed by atoms with Crippen molar-refractivity contribution >= 4 is 40.8 Å². The van der Waals surface area contributed by atoms with E-state index in [0.717, 1.165) is 31.2 Å². The predicted molar refractivity (Wildman–Crippen MR) is 163 cm³/mol. The Kier molecular flexibility index (Phi) is 9.59. The van der Waals surface area contributed by atoms with Crippen molar-refractivity contribution in [2.45, 2.75) is 44.7 Å². The maximum absolute atomic E-state index is 13.5. The predicted octanol–water partition coefficient (Wildman–Crippen LogP) is 5.83. The van der Waals surface area contributed by atoms with Gasteiger partial charge in [-0.3, -0.25) is 9.59 Å². The van der Waals surface area contributed by atoms with Gasteiger partial charge in [0, 0.05) is 50.1 Å². The SMILES string of the molecule is O=C(Nc1ccc(N2CCN(C(=O)NC3CCCCC3)CC2)c(C(=O)NCc2ccc(F)cc2)c1)c1ccccc1Cl. The summed E-state index contributed by atoms with van der Waals surface area (Å²) >= 11 is 6.20. The minimum Gasteiger partial charge on any atom is -0.367 e. The first-order valence-electron chi connectivity index (χ1n) is 14.4. The van der Waals surface area contributed by atoms with Crippen molar-refractivity contribution in [3.8, 4) is 0 Å². The number of amides is 4. The molecule has 4 amide bonds. The summed E-state index contributed by atoms with van der Waals surface area (Å²) in [5.74, 6) is -1.06. The molecule has 3 N–H and O–H groups in total. The minimum atomic E-state index is -0.386.